The third-order valence-electron chi connectivity index (χ3n) is 8.34. The molecule has 0 radical (unpaired) electrons. The Balaban J connectivity index is 1.73. The maximum Gasteiger partial charge on any atom is 0.155 e. The Morgan fingerprint density at radius 2 is 2.12 bits per heavy atom. The van der Waals surface area contributed by atoms with Gasteiger partial charge in [0.25, 0.3) is 0 Å². The molecule has 0 aliphatic heterocycles. The molecule has 4 aliphatic rings. The highest BCUT2D eigenvalue weighted by atomic mass is 16.3. The van der Waals surface area contributed by atoms with Crippen molar-refractivity contribution in [2.75, 3.05) is 0 Å². The Morgan fingerprint density at radius 3 is 2.83 bits per heavy atom. The second kappa shape index (κ2) is 5.46. The van der Waals surface area contributed by atoms with Crippen molar-refractivity contribution in [2.24, 2.45) is 35.0 Å². The summed E-state index contributed by atoms with van der Waals surface area (Å²) in [6, 6.07) is 0. The zero-order valence-electron chi connectivity index (χ0n) is 15.1. The van der Waals surface area contributed by atoms with E-state index in [4.69, 9.17) is 6.42 Å². The lowest BCUT2D eigenvalue weighted by molar-refractivity contribution is -0.120. The van der Waals surface area contributed by atoms with Crippen LogP contribution in [0.2, 0.25) is 0 Å². The lowest BCUT2D eigenvalue weighted by Gasteiger charge is -2.58. The first kappa shape index (κ1) is 16.4. The zero-order valence-corrected chi connectivity index (χ0v) is 15.1. The molecule has 1 N–H and O–H groups in total. The van der Waals surface area contributed by atoms with Crippen LogP contribution in [-0.2, 0) is 4.79 Å². The highest BCUT2D eigenvalue weighted by Crippen LogP contribution is 2.66. The molecule has 0 aromatic heterocycles. The largest absolute Gasteiger partial charge is 0.377 e. The van der Waals surface area contributed by atoms with Gasteiger partial charge in [-0.1, -0.05) is 31.8 Å². The quantitative estimate of drug-likeness (QED) is 0.736. The van der Waals surface area contributed by atoms with Crippen molar-refractivity contribution in [2.45, 2.75) is 70.8 Å². The number of fused-ring (bicyclic) bond motifs is 5. The lowest BCUT2D eigenvalue weighted by atomic mass is 9.47. The highest BCUT2D eigenvalue weighted by molar-refractivity contribution is 5.91. The van der Waals surface area contributed by atoms with E-state index in [-0.39, 0.29) is 5.41 Å². The minimum Gasteiger partial charge on any atom is -0.377 e. The third kappa shape index (κ3) is 2.03. The van der Waals surface area contributed by atoms with Gasteiger partial charge in [-0.25, -0.2) is 0 Å². The summed E-state index contributed by atoms with van der Waals surface area (Å²) >= 11 is 0. The standard InChI is InChI=1S/C22H30O2/c1-4-14-13-21(3)19(10-11-22(21,24)5-2)18-8-6-15-12-16(23)7-9-17(15)20(14)18/h2,12,14,17-20,24H,4,6-11,13H2,1,3H3/t14-,17-,18-,19-,20+,21-,22-/m0/s1. The smallest absolute Gasteiger partial charge is 0.155 e. The van der Waals surface area contributed by atoms with Crippen LogP contribution in [0.25, 0.3) is 0 Å². The van der Waals surface area contributed by atoms with E-state index in [1.165, 1.54) is 12.0 Å². The molecule has 0 saturated heterocycles. The Morgan fingerprint density at radius 1 is 1.33 bits per heavy atom. The summed E-state index contributed by atoms with van der Waals surface area (Å²) in [6.07, 6.45) is 15.8. The second-order valence-corrected chi connectivity index (χ2v) is 9.05. The molecule has 0 aromatic carbocycles. The molecule has 2 heteroatoms. The van der Waals surface area contributed by atoms with E-state index in [1.54, 1.807) is 0 Å². The van der Waals surface area contributed by atoms with Gasteiger partial charge >= 0.3 is 0 Å². The van der Waals surface area contributed by atoms with Gasteiger partial charge in [0.2, 0.25) is 0 Å². The maximum absolute atomic E-state index is 11.9. The summed E-state index contributed by atoms with van der Waals surface area (Å²) in [7, 11) is 0. The van der Waals surface area contributed by atoms with Crippen LogP contribution in [0.3, 0.4) is 0 Å². The van der Waals surface area contributed by atoms with Gasteiger partial charge in [0, 0.05) is 11.8 Å². The van der Waals surface area contributed by atoms with E-state index in [0.717, 1.165) is 44.9 Å². The first-order chi connectivity index (χ1) is 11.4. The summed E-state index contributed by atoms with van der Waals surface area (Å²) in [6.45, 7) is 4.56. The van der Waals surface area contributed by atoms with Crippen molar-refractivity contribution in [3.05, 3.63) is 11.6 Å². The van der Waals surface area contributed by atoms with Crippen LogP contribution in [-0.4, -0.2) is 16.5 Å². The highest BCUT2D eigenvalue weighted by Gasteiger charge is 2.63. The third-order valence-corrected chi connectivity index (χ3v) is 8.34. The van der Waals surface area contributed by atoms with E-state index < -0.39 is 5.60 Å². The van der Waals surface area contributed by atoms with Crippen LogP contribution >= 0.6 is 0 Å². The van der Waals surface area contributed by atoms with Gasteiger partial charge in [0.1, 0.15) is 5.60 Å². The Kier molecular flexibility index (Phi) is 3.73. The van der Waals surface area contributed by atoms with Crippen molar-refractivity contribution in [1.82, 2.24) is 0 Å². The number of hydrogen-bond donors (Lipinski definition) is 1. The molecule has 3 saturated carbocycles. The van der Waals surface area contributed by atoms with Crippen LogP contribution < -0.4 is 0 Å². The number of rotatable bonds is 1. The minimum absolute atomic E-state index is 0.130. The van der Waals surface area contributed by atoms with Gasteiger partial charge in [-0.15, -0.1) is 6.42 Å². The molecule has 0 spiro atoms. The molecule has 0 heterocycles. The van der Waals surface area contributed by atoms with Crippen molar-refractivity contribution < 1.29 is 9.90 Å². The van der Waals surface area contributed by atoms with Crippen LogP contribution in [0.5, 0.6) is 0 Å². The first-order valence-corrected chi connectivity index (χ1v) is 9.87. The summed E-state index contributed by atoms with van der Waals surface area (Å²) in [4.78, 5) is 11.9. The van der Waals surface area contributed by atoms with E-state index in [0.29, 0.717) is 35.4 Å². The fraction of sp³-hybridized carbons (Fsp3) is 0.773. The average molecular weight is 326 g/mol. The van der Waals surface area contributed by atoms with Gasteiger partial charge in [0.05, 0.1) is 0 Å². The molecule has 0 unspecified atom stereocenters. The van der Waals surface area contributed by atoms with Gasteiger partial charge in [-0.3, -0.25) is 4.79 Å². The van der Waals surface area contributed by atoms with E-state index >= 15 is 0 Å². The molecule has 4 rings (SSSR count). The molecular weight excluding hydrogens is 296 g/mol. The SMILES string of the molecule is C#C[C@]1(O)CC[C@H]2[C@@H]3CCC4=CC(=O)CC[C@@H]4[C@H]3[C@@H](CC)C[C@@]21C. The molecule has 3 fully saturated rings. The predicted octanol–water partition coefficient (Wildman–Crippen LogP) is 4.13. The number of allylic oxidation sites excluding steroid dienone is 1. The van der Waals surface area contributed by atoms with E-state index in [9.17, 15) is 9.90 Å². The van der Waals surface area contributed by atoms with Crippen molar-refractivity contribution in [3.8, 4) is 12.3 Å². The van der Waals surface area contributed by atoms with E-state index in [2.05, 4.69) is 19.8 Å². The Labute approximate surface area is 146 Å². The molecule has 7 atom stereocenters. The van der Waals surface area contributed by atoms with Crippen LogP contribution in [0.15, 0.2) is 11.6 Å². The maximum atomic E-state index is 11.9. The molecule has 0 bridgehead atoms. The lowest BCUT2D eigenvalue weighted by Crippen LogP contribution is -2.55. The van der Waals surface area contributed by atoms with E-state index in [1.807, 2.05) is 6.08 Å². The van der Waals surface area contributed by atoms with Crippen LogP contribution in [0.4, 0.5) is 0 Å². The van der Waals surface area contributed by atoms with Gasteiger partial charge in [-0.2, -0.15) is 0 Å². The average Bonchev–Trinajstić information content (AvgIpc) is 2.85. The monoisotopic (exact) mass is 326 g/mol. The molecule has 4 aliphatic carbocycles. The molecule has 0 aromatic rings. The Bertz CT molecular complexity index is 626. The number of terminal acetylenes is 1. The number of carbonyl (C=O) groups excluding carboxylic acids is 1. The zero-order chi connectivity index (χ0) is 17.1. The fourth-order valence-electron chi connectivity index (χ4n) is 7.15. The van der Waals surface area contributed by atoms with Gasteiger partial charge in [0.15, 0.2) is 5.78 Å². The van der Waals surface area contributed by atoms with Gasteiger partial charge < -0.3 is 5.11 Å². The topological polar surface area (TPSA) is 37.3 Å². The fourth-order valence-corrected chi connectivity index (χ4v) is 7.15. The first-order valence-electron chi connectivity index (χ1n) is 9.87. The molecule has 130 valence electrons. The summed E-state index contributed by atoms with van der Waals surface area (Å²) in [5.74, 6) is 6.25. The number of ketones is 1. The van der Waals surface area contributed by atoms with Crippen molar-refractivity contribution in [3.63, 3.8) is 0 Å². The number of carbonyl (C=O) groups is 1. The molecular formula is C22H30O2. The minimum atomic E-state index is -0.922. The van der Waals surface area contributed by atoms with Crippen molar-refractivity contribution in [1.29, 1.82) is 0 Å². The summed E-state index contributed by atoms with van der Waals surface area (Å²) < 4.78 is 0. The normalized spacial score (nSPS) is 50.3. The number of hydrogen-bond acceptors (Lipinski definition) is 2. The van der Waals surface area contributed by atoms with Gasteiger partial charge in [-0.05, 0) is 74.2 Å². The molecule has 24 heavy (non-hydrogen) atoms. The van der Waals surface area contributed by atoms with Crippen LogP contribution in [0, 0.1) is 47.3 Å². The summed E-state index contributed by atoms with van der Waals surface area (Å²) in [5, 5.41) is 11.1. The molecule has 2 nitrogen and oxygen atoms in total. The summed E-state index contributed by atoms with van der Waals surface area (Å²) in [5.41, 5.74) is 0.379. The molecule has 0 amide bonds. The number of aliphatic hydroxyl groups is 1. The van der Waals surface area contributed by atoms with Crippen LogP contribution in [0.1, 0.15) is 65.2 Å². The van der Waals surface area contributed by atoms with Crippen molar-refractivity contribution >= 4 is 5.78 Å². The second-order valence-electron chi connectivity index (χ2n) is 9.05. The Hall–Kier alpha value is -1.07. The predicted molar refractivity (Wildman–Crippen MR) is 95.0 cm³/mol.